The van der Waals surface area contributed by atoms with E-state index in [0.29, 0.717) is 30.5 Å². The van der Waals surface area contributed by atoms with Crippen LogP contribution in [0.2, 0.25) is 0 Å². The SMILES string of the molecule is Cc1nc(Oc2cc(O)c3c(=O)cc(-c4ccccc4)oc3c2)cc(N2CCNCC2O)n1. The number of β-amino-alcohol motifs (C(OH)–C–C–N with tert-alkyl or cyclic N) is 1. The molecule has 1 aliphatic rings. The molecule has 9 heteroatoms. The van der Waals surface area contributed by atoms with Gasteiger partial charge in [0.2, 0.25) is 5.88 Å². The fraction of sp³-hybridized carbons (Fsp3) is 0.208. The number of ether oxygens (including phenoxy) is 1. The topological polar surface area (TPSA) is 121 Å². The lowest BCUT2D eigenvalue weighted by Crippen LogP contribution is -2.51. The second-order valence-electron chi connectivity index (χ2n) is 7.75. The van der Waals surface area contributed by atoms with E-state index in [1.165, 1.54) is 12.1 Å². The van der Waals surface area contributed by atoms with Crippen LogP contribution in [0.1, 0.15) is 5.82 Å². The van der Waals surface area contributed by atoms with Crippen molar-refractivity contribution < 1.29 is 19.4 Å². The summed E-state index contributed by atoms with van der Waals surface area (Å²) in [6, 6.07) is 15.1. The maximum atomic E-state index is 12.6. The summed E-state index contributed by atoms with van der Waals surface area (Å²) in [6.07, 6.45) is -0.712. The first-order valence-electron chi connectivity index (χ1n) is 10.5. The largest absolute Gasteiger partial charge is 0.507 e. The standard InChI is InChI=1S/C24H22N4O5/c1-14-26-21(28-8-7-25-13-23(28)31)12-22(27-14)32-16-9-17(29)24-18(30)11-19(33-20(24)10-16)15-5-3-2-4-6-15/h2-6,9-12,23,25,29,31H,7-8,13H2,1H3. The molecule has 1 saturated heterocycles. The van der Waals surface area contributed by atoms with Crippen molar-refractivity contribution in [2.45, 2.75) is 13.2 Å². The number of nitrogens with zero attached hydrogens (tertiary/aromatic N) is 3. The van der Waals surface area contributed by atoms with Gasteiger partial charge in [-0.05, 0) is 6.92 Å². The van der Waals surface area contributed by atoms with Gasteiger partial charge >= 0.3 is 0 Å². The molecule has 2 aromatic carbocycles. The highest BCUT2D eigenvalue weighted by Crippen LogP contribution is 2.33. The molecule has 1 aliphatic heterocycles. The van der Waals surface area contributed by atoms with Crippen LogP contribution in [0.4, 0.5) is 5.82 Å². The number of fused-ring (bicyclic) bond motifs is 1. The van der Waals surface area contributed by atoms with Crippen molar-refractivity contribution >= 4 is 16.8 Å². The maximum absolute atomic E-state index is 12.6. The average Bonchev–Trinajstić information content (AvgIpc) is 2.79. The van der Waals surface area contributed by atoms with Crippen molar-refractivity contribution in [2.75, 3.05) is 24.5 Å². The van der Waals surface area contributed by atoms with Gasteiger partial charge in [-0.1, -0.05) is 30.3 Å². The zero-order valence-corrected chi connectivity index (χ0v) is 17.9. The molecule has 168 valence electrons. The van der Waals surface area contributed by atoms with Crippen LogP contribution in [0.5, 0.6) is 17.4 Å². The second kappa shape index (κ2) is 8.53. The number of aliphatic hydroxyl groups is 1. The predicted octanol–water partition coefficient (Wildman–Crippen LogP) is 2.78. The molecule has 0 radical (unpaired) electrons. The predicted molar refractivity (Wildman–Crippen MR) is 123 cm³/mol. The molecule has 33 heavy (non-hydrogen) atoms. The molecule has 1 fully saturated rings. The van der Waals surface area contributed by atoms with E-state index in [2.05, 4.69) is 15.3 Å². The summed E-state index contributed by atoms with van der Waals surface area (Å²) >= 11 is 0. The highest BCUT2D eigenvalue weighted by atomic mass is 16.5. The third-order valence-electron chi connectivity index (χ3n) is 5.38. The molecule has 2 aromatic heterocycles. The molecule has 1 unspecified atom stereocenters. The minimum Gasteiger partial charge on any atom is -0.507 e. The highest BCUT2D eigenvalue weighted by molar-refractivity contribution is 5.86. The number of aromatic hydroxyl groups is 1. The van der Waals surface area contributed by atoms with Gasteiger partial charge in [0.05, 0.1) is 0 Å². The Morgan fingerprint density at radius 2 is 1.97 bits per heavy atom. The van der Waals surface area contributed by atoms with Gasteiger partial charge in [-0.15, -0.1) is 0 Å². The smallest absolute Gasteiger partial charge is 0.224 e. The third-order valence-corrected chi connectivity index (χ3v) is 5.38. The monoisotopic (exact) mass is 446 g/mol. The molecule has 1 atom stereocenters. The van der Waals surface area contributed by atoms with Gasteiger partial charge in [0.1, 0.15) is 46.1 Å². The number of piperazine rings is 1. The van der Waals surface area contributed by atoms with E-state index in [1.54, 1.807) is 24.0 Å². The van der Waals surface area contributed by atoms with Crippen molar-refractivity contribution in [3.63, 3.8) is 0 Å². The Labute approximate surface area is 188 Å². The number of aryl methyl sites for hydroxylation is 1. The van der Waals surface area contributed by atoms with Gasteiger partial charge in [-0.3, -0.25) is 4.79 Å². The summed E-state index contributed by atoms with van der Waals surface area (Å²) in [5, 5.41) is 24.0. The van der Waals surface area contributed by atoms with Crippen LogP contribution in [0.3, 0.4) is 0 Å². The van der Waals surface area contributed by atoms with Crippen molar-refractivity contribution in [2.24, 2.45) is 0 Å². The lowest BCUT2D eigenvalue weighted by Gasteiger charge is -2.33. The van der Waals surface area contributed by atoms with Crippen LogP contribution < -0.4 is 20.4 Å². The molecule has 4 aromatic rings. The van der Waals surface area contributed by atoms with Crippen molar-refractivity contribution in [3.8, 4) is 28.7 Å². The number of nitrogens with one attached hydrogen (secondary N) is 1. The van der Waals surface area contributed by atoms with Crippen LogP contribution in [-0.4, -0.2) is 46.0 Å². The Balaban J connectivity index is 1.52. The van der Waals surface area contributed by atoms with E-state index in [0.717, 1.165) is 12.1 Å². The van der Waals surface area contributed by atoms with Crippen LogP contribution in [0, 0.1) is 6.92 Å². The summed E-state index contributed by atoms with van der Waals surface area (Å²) in [7, 11) is 0. The number of phenols is 1. The first-order chi connectivity index (χ1) is 16.0. The van der Waals surface area contributed by atoms with E-state index in [-0.39, 0.29) is 33.8 Å². The quantitative estimate of drug-likeness (QED) is 0.434. The van der Waals surface area contributed by atoms with E-state index in [1.807, 2.05) is 30.3 Å². The number of aromatic nitrogens is 2. The number of aliphatic hydroxyl groups excluding tert-OH is 1. The van der Waals surface area contributed by atoms with Gasteiger partial charge in [0, 0.05) is 49.5 Å². The van der Waals surface area contributed by atoms with E-state index in [9.17, 15) is 15.0 Å². The first-order valence-corrected chi connectivity index (χ1v) is 10.5. The van der Waals surface area contributed by atoms with E-state index >= 15 is 0 Å². The van der Waals surface area contributed by atoms with Crippen molar-refractivity contribution in [1.29, 1.82) is 0 Å². The summed E-state index contributed by atoms with van der Waals surface area (Å²) in [5.41, 5.74) is 0.583. The molecule has 5 rings (SSSR count). The molecule has 0 saturated carbocycles. The fourth-order valence-corrected chi connectivity index (χ4v) is 3.85. The third kappa shape index (κ3) is 4.23. The van der Waals surface area contributed by atoms with Crippen LogP contribution >= 0.6 is 0 Å². The number of hydrogen-bond donors (Lipinski definition) is 3. The molecule has 0 amide bonds. The fourth-order valence-electron chi connectivity index (χ4n) is 3.85. The van der Waals surface area contributed by atoms with Gasteiger partial charge in [-0.25, -0.2) is 4.98 Å². The number of hydrogen-bond acceptors (Lipinski definition) is 9. The molecule has 3 heterocycles. The number of rotatable bonds is 4. The summed E-state index contributed by atoms with van der Waals surface area (Å²) in [4.78, 5) is 23.1. The molecule has 3 N–H and O–H groups in total. The lowest BCUT2D eigenvalue weighted by atomic mass is 10.1. The maximum Gasteiger partial charge on any atom is 0.224 e. The average molecular weight is 446 g/mol. The molecular formula is C24H22N4O5. The van der Waals surface area contributed by atoms with Crippen LogP contribution in [0.15, 0.2) is 63.8 Å². The number of anilines is 1. The first kappa shape index (κ1) is 20.9. The van der Waals surface area contributed by atoms with Crippen LogP contribution in [0.25, 0.3) is 22.3 Å². The second-order valence-corrected chi connectivity index (χ2v) is 7.75. The molecular weight excluding hydrogens is 424 g/mol. The molecule has 0 spiro atoms. The molecule has 0 bridgehead atoms. The zero-order valence-electron chi connectivity index (χ0n) is 17.9. The Hall–Kier alpha value is -3.95. The van der Waals surface area contributed by atoms with Gasteiger partial charge in [0.25, 0.3) is 0 Å². The van der Waals surface area contributed by atoms with Crippen molar-refractivity contribution in [1.82, 2.24) is 15.3 Å². The minimum absolute atomic E-state index is 0.0746. The molecule has 9 nitrogen and oxygen atoms in total. The van der Waals surface area contributed by atoms with E-state index < -0.39 is 6.23 Å². The normalized spacial score (nSPS) is 16.2. The Bertz CT molecular complexity index is 1370. The number of benzene rings is 2. The van der Waals surface area contributed by atoms with Crippen molar-refractivity contribution in [3.05, 3.63) is 70.6 Å². The van der Waals surface area contributed by atoms with Gasteiger partial charge in [-0.2, -0.15) is 4.98 Å². The lowest BCUT2D eigenvalue weighted by molar-refractivity contribution is 0.151. The highest BCUT2D eigenvalue weighted by Gasteiger charge is 2.22. The summed E-state index contributed by atoms with van der Waals surface area (Å²) < 4.78 is 11.8. The van der Waals surface area contributed by atoms with Crippen LogP contribution in [-0.2, 0) is 0 Å². The Kier molecular flexibility index (Phi) is 5.41. The van der Waals surface area contributed by atoms with Gasteiger partial charge in [0.15, 0.2) is 5.43 Å². The van der Waals surface area contributed by atoms with E-state index in [4.69, 9.17) is 9.15 Å². The Morgan fingerprint density at radius 3 is 2.76 bits per heavy atom. The van der Waals surface area contributed by atoms with Gasteiger partial charge < -0.3 is 29.6 Å². The minimum atomic E-state index is -0.712. The number of phenolic OH excluding ortho intramolecular Hbond substituents is 1. The Morgan fingerprint density at radius 1 is 1.15 bits per heavy atom. The zero-order chi connectivity index (χ0) is 22.9. The summed E-state index contributed by atoms with van der Waals surface area (Å²) in [5.74, 6) is 1.63. The summed E-state index contributed by atoms with van der Waals surface area (Å²) in [6.45, 7) is 3.47. The molecule has 0 aliphatic carbocycles.